The first-order valence-corrected chi connectivity index (χ1v) is 23.3. The molecule has 0 fully saturated rings. The minimum Gasteiger partial charge on any atom is -0.310 e. The van der Waals surface area contributed by atoms with Crippen LogP contribution in [0.3, 0.4) is 0 Å². The molecule has 0 N–H and O–H groups in total. The zero-order valence-corrected chi connectivity index (χ0v) is 37.5. The third kappa shape index (κ3) is 7.35. The maximum absolute atomic E-state index is 2.47. The average molecular weight is 867 g/mol. The molecule has 0 spiro atoms. The summed E-state index contributed by atoms with van der Waals surface area (Å²) in [6.07, 6.45) is 0. The molecule has 0 aliphatic carbocycles. The van der Waals surface area contributed by atoms with Crippen LogP contribution in [-0.4, -0.2) is 4.57 Å². The van der Waals surface area contributed by atoms with Gasteiger partial charge in [-0.25, -0.2) is 0 Å². The third-order valence-corrected chi connectivity index (χ3v) is 13.2. The van der Waals surface area contributed by atoms with Crippen LogP contribution in [0.5, 0.6) is 0 Å². The lowest BCUT2D eigenvalue weighted by atomic mass is 9.86. The number of benzene rings is 11. The molecule has 0 amide bonds. The summed E-state index contributed by atoms with van der Waals surface area (Å²) in [4.78, 5) is 2.42. The standard InChI is InChI=1S/C66H46N2/c1-5-23-47(24-6-1)53-31-13-16-34-56(53)59-43-41-51(45-63(59)58-36-18-15-33-55(58)49-27-9-3-10-28-49)67(50-29-11-4-12-30-50)52-42-44-62-61-38-20-22-40-65(61)68(66(62)46-52)64-39-21-19-37-60(64)57-35-17-14-32-54(57)48-25-7-2-8-26-48/h1-46H. The van der Waals surface area contributed by atoms with Gasteiger partial charge < -0.3 is 9.47 Å². The van der Waals surface area contributed by atoms with Crippen molar-refractivity contribution in [2.24, 2.45) is 0 Å². The Balaban J connectivity index is 1.09. The van der Waals surface area contributed by atoms with Crippen LogP contribution in [0, 0.1) is 0 Å². The van der Waals surface area contributed by atoms with E-state index in [9.17, 15) is 0 Å². The van der Waals surface area contributed by atoms with Gasteiger partial charge in [0.25, 0.3) is 0 Å². The van der Waals surface area contributed by atoms with Gasteiger partial charge in [0.2, 0.25) is 0 Å². The minimum absolute atomic E-state index is 1.06. The normalized spacial score (nSPS) is 11.2. The molecule has 320 valence electrons. The number of rotatable bonds is 10. The molecular formula is C66H46N2. The Kier molecular flexibility index (Phi) is 10.6. The van der Waals surface area contributed by atoms with Crippen molar-refractivity contribution in [1.29, 1.82) is 0 Å². The summed E-state index contributed by atoms with van der Waals surface area (Å²) >= 11 is 0. The van der Waals surface area contributed by atoms with Crippen molar-refractivity contribution >= 4 is 38.9 Å². The number of nitrogens with zero attached hydrogens (tertiary/aromatic N) is 2. The average Bonchev–Trinajstić information content (AvgIpc) is 3.75. The third-order valence-electron chi connectivity index (χ3n) is 13.2. The number of aromatic nitrogens is 1. The van der Waals surface area contributed by atoms with E-state index in [1.807, 2.05) is 0 Å². The fourth-order valence-corrected chi connectivity index (χ4v) is 10.2. The van der Waals surface area contributed by atoms with Crippen LogP contribution in [0.2, 0.25) is 0 Å². The van der Waals surface area contributed by atoms with Crippen molar-refractivity contribution in [2.45, 2.75) is 0 Å². The largest absolute Gasteiger partial charge is 0.310 e. The van der Waals surface area contributed by atoms with Crippen molar-refractivity contribution in [1.82, 2.24) is 4.57 Å². The number of hydrogen-bond acceptors (Lipinski definition) is 1. The molecule has 0 atom stereocenters. The van der Waals surface area contributed by atoms with Crippen LogP contribution < -0.4 is 4.90 Å². The zero-order chi connectivity index (χ0) is 45.2. The van der Waals surface area contributed by atoms with Gasteiger partial charge in [-0.2, -0.15) is 0 Å². The lowest BCUT2D eigenvalue weighted by molar-refractivity contribution is 1.18. The van der Waals surface area contributed by atoms with E-state index in [-0.39, 0.29) is 0 Å². The second kappa shape index (κ2) is 17.8. The summed E-state index contributed by atoms with van der Waals surface area (Å²) in [5.74, 6) is 0. The highest BCUT2D eigenvalue weighted by Gasteiger charge is 2.23. The molecule has 0 unspecified atom stereocenters. The van der Waals surface area contributed by atoms with E-state index < -0.39 is 0 Å². The van der Waals surface area contributed by atoms with E-state index in [4.69, 9.17) is 0 Å². The van der Waals surface area contributed by atoms with Gasteiger partial charge in [0.1, 0.15) is 0 Å². The Morgan fingerprint density at radius 1 is 0.221 bits per heavy atom. The maximum atomic E-state index is 2.47. The predicted molar refractivity (Wildman–Crippen MR) is 288 cm³/mol. The highest BCUT2D eigenvalue weighted by Crippen LogP contribution is 2.47. The molecule has 0 saturated carbocycles. The topological polar surface area (TPSA) is 8.17 Å². The second-order valence-corrected chi connectivity index (χ2v) is 17.2. The first-order valence-electron chi connectivity index (χ1n) is 23.3. The summed E-state index contributed by atoms with van der Waals surface area (Å²) in [5.41, 5.74) is 20.9. The maximum Gasteiger partial charge on any atom is 0.0562 e. The number of hydrogen-bond donors (Lipinski definition) is 0. The quantitative estimate of drug-likeness (QED) is 0.133. The Bertz CT molecular complexity index is 3720. The summed E-state index contributed by atoms with van der Waals surface area (Å²) in [7, 11) is 0. The van der Waals surface area contributed by atoms with Crippen molar-refractivity contribution in [3.63, 3.8) is 0 Å². The fraction of sp³-hybridized carbons (Fsp3) is 0. The van der Waals surface area contributed by atoms with E-state index in [0.29, 0.717) is 0 Å². The zero-order valence-electron chi connectivity index (χ0n) is 37.5. The summed E-state index contributed by atoms with van der Waals surface area (Å²) in [6.45, 7) is 0. The fourth-order valence-electron chi connectivity index (χ4n) is 10.2. The summed E-state index contributed by atoms with van der Waals surface area (Å²) in [5, 5.41) is 2.42. The lowest BCUT2D eigenvalue weighted by Gasteiger charge is -2.27. The van der Waals surface area contributed by atoms with Gasteiger partial charge in [0.15, 0.2) is 0 Å². The highest BCUT2D eigenvalue weighted by molar-refractivity contribution is 6.11. The molecule has 1 aromatic heterocycles. The smallest absolute Gasteiger partial charge is 0.0562 e. The Labute approximate surface area is 397 Å². The molecule has 0 radical (unpaired) electrons. The molecule has 68 heavy (non-hydrogen) atoms. The van der Waals surface area contributed by atoms with Crippen molar-refractivity contribution in [3.05, 3.63) is 279 Å². The molecule has 1 heterocycles. The van der Waals surface area contributed by atoms with Crippen molar-refractivity contribution in [3.8, 4) is 72.4 Å². The number of anilines is 3. The van der Waals surface area contributed by atoms with Crippen LogP contribution in [0.25, 0.3) is 94.3 Å². The molecule has 12 aromatic rings. The van der Waals surface area contributed by atoms with Gasteiger partial charge in [0, 0.05) is 33.4 Å². The Morgan fingerprint density at radius 3 is 1.18 bits per heavy atom. The van der Waals surface area contributed by atoms with Crippen LogP contribution in [0.4, 0.5) is 17.1 Å². The van der Waals surface area contributed by atoms with Crippen LogP contribution >= 0.6 is 0 Å². The Morgan fingerprint density at radius 2 is 0.603 bits per heavy atom. The van der Waals surface area contributed by atoms with Crippen LogP contribution in [-0.2, 0) is 0 Å². The van der Waals surface area contributed by atoms with E-state index >= 15 is 0 Å². The second-order valence-electron chi connectivity index (χ2n) is 17.2. The van der Waals surface area contributed by atoms with E-state index in [2.05, 4.69) is 289 Å². The molecule has 0 saturated heterocycles. The minimum atomic E-state index is 1.06. The van der Waals surface area contributed by atoms with E-state index in [1.165, 1.54) is 72.0 Å². The number of para-hydroxylation sites is 3. The lowest BCUT2D eigenvalue weighted by Crippen LogP contribution is -2.10. The molecule has 0 bridgehead atoms. The molecular weight excluding hydrogens is 821 g/mol. The molecule has 0 aliphatic rings. The van der Waals surface area contributed by atoms with Crippen LogP contribution in [0.15, 0.2) is 279 Å². The molecule has 12 rings (SSSR count). The number of fused-ring (bicyclic) bond motifs is 3. The molecule has 0 aliphatic heterocycles. The monoisotopic (exact) mass is 866 g/mol. The van der Waals surface area contributed by atoms with Gasteiger partial charge in [-0.15, -0.1) is 0 Å². The molecule has 2 heteroatoms. The van der Waals surface area contributed by atoms with E-state index in [0.717, 1.165) is 39.3 Å². The highest BCUT2D eigenvalue weighted by atomic mass is 15.1. The molecule has 11 aromatic carbocycles. The van der Waals surface area contributed by atoms with Gasteiger partial charge in [0.05, 0.1) is 16.7 Å². The van der Waals surface area contributed by atoms with Crippen LogP contribution in [0.1, 0.15) is 0 Å². The SMILES string of the molecule is c1ccc(-c2ccccc2-c2ccc(N(c3ccccc3)c3ccc4c5ccccc5n(-c5ccccc5-c5ccccc5-c5ccccc5)c4c3)cc2-c2ccccc2-c2ccccc2)cc1. The van der Waals surface area contributed by atoms with E-state index in [1.54, 1.807) is 0 Å². The van der Waals surface area contributed by atoms with Gasteiger partial charge in [-0.1, -0.05) is 231 Å². The molecule has 2 nitrogen and oxygen atoms in total. The van der Waals surface area contributed by atoms with Crippen molar-refractivity contribution in [2.75, 3.05) is 4.90 Å². The van der Waals surface area contributed by atoms with Crippen molar-refractivity contribution < 1.29 is 0 Å². The summed E-state index contributed by atoms with van der Waals surface area (Å²) in [6, 6.07) is 101. The Hall–Kier alpha value is -8.98. The predicted octanol–water partition coefficient (Wildman–Crippen LogP) is 18.3. The first-order chi connectivity index (χ1) is 33.8. The first kappa shape index (κ1) is 40.5. The van der Waals surface area contributed by atoms with Gasteiger partial charge >= 0.3 is 0 Å². The van der Waals surface area contributed by atoms with Gasteiger partial charge in [-0.05, 0) is 110 Å². The van der Waals surface area contributed by atoms with Gasteiger partial charge in [-0.3, -0.25) is 0 Å². The summed E-state index contributed by atoms with van der Waals surface area (Å²) < 4.78 is 2.47.